The molecule has 0 aliphatic heterocycles. The Labute approximate surface area is 794 Å². The number of rotatable bonds is 20. The fraction of sp³-hybridized carbons (Fsp3) is 0.148. The standard InChI is InChI=1S/C27H22BrN3O3.C27H22ClN3O3.C27H22FN3O3.C27H23N3O4/c3*28-20-7-1-16(2-8-20)14-24(34)30-27-25(18-4-9-21(33)10-5-18)31-26-22-11-3-17(15-32)13-19(22)6-12-23(26)29-27;31-15-17-3-11-22-19(13-17)6-12-23-26(22)30-25(18-4-9-21(33)10-5-18)27(28-23)29-24(34)14-16-1-7-20(32)8-2-16/h3*1-5,7-11,13,32-33H,6,12,14-15H2,(H,29,30,34);1-5,7-11,13,31-33H,6,12,14-15H2,(H,28,29,34). The minimum absolute atomic E-state index is 0.00604. The summed E-state index contributed by atoms with van der Waals surface area (Å²) in [4.78, 5) is 90.4. The third kappa shape index (κ3) is 22.0. The molecule has 0 unspecified atom stereocenters. The topological polar surface area (TPSA) is 402 Å². The van der Waals surface area contributed by atoms with E-state index in [1.54, 1.807) is 146 Å². The third-order valence-corrected chi connectivity index (χ3v) is 24.3. The maximum Gasteiger partial charge on any atom is 0.230 e. The summed E-state index contributed by atoms with van der Waals surface area (Å²) < 4.78 is 14.2. The summed E-state index contributed by atoms with van der Waals surface area (Å²) >= 11 is 9.36. The minimum atomic E-state index is -0.356. The molecule has 4 aliphatic carbocycles. The number of fused-ring (bicyclic) bond motifs is 12. The lowest BCUT2D eigenvalue weighted by Gasteiger charge is -2.21. The van der Waals surface area contributed by atoms with Crippen LogP contribution in [0, 0.1) is 5.82 Å². The Morgan fingerprint density at radius 2 is 0.485 bits per heavy atom. The number of carbonyl (C=O) groups excluding carboxylic acids is 4. The van der Waals surface area contributed by atoms with Crippen molar-refractivity contribution >= 4 is 74.4 Å². The molecule has 680 valence electrons. The first-order valence-electron chi connectivity index (χ1n) is 43.9. The van der Waals surface area contributed by atoms with Crippen molar-refractivity contribution in [2.75, 3.05) is 21.3 Å². The molecular formula is C108H89BrClFN12O13. The predicted molar refractivity (Wildman–Crippen MR) is 521 cm³/mol. The van der Waals surface area contributed by atoms with Crippen molar-refractivity contribution in [3.8, 4) is 119 Å². The second kappa shape index (κ2) is 41.7. The van der Waals surface area contributed by atoms with Gasteiger partial charge in [-0.2, -0.15) is 0 Å². The fourth-order valence-electron chi connectivity index (χ4n) is 16.7. The van der Waals surface area contributed by atoms with E-state index in [9.17, 15) is 69.5 Å². The molecule has 0 saturated heterocycles. The van der Waals surface area contributed by atoms with E-state index < -0.39 is 0 Å². The van der Waals surface area contributed by atoms with Crippen LogP contribution >= 0.6 is 27.5 Å². The lowest BCUT2D eigenvalue weighted by Crippen LogP contribution is -2.19. The van der Waals surface area contributed by atoms with Crippen molar-refractivity contribution in [2.45, 2.75) is 103 Å². The number of phenolic OH excluding ortho intramolecular Hbond substituents is 5. The zero-order valence-electron chi connectivity index (χ0n) is 73.1. The van der Waals surface area contributed by atoms with Crippen molar-refractivity contribution in [3.63, 3.8) is 0 Å². The molecule has 0 radical (unpaired) electrons. The Morgan fingerprint density at radius 3 is 0.728 bits per heavy atom. The molecule has 12 aromatic carbocycles. The Morgan fingerprint density at radius 1 is 0.272 bits per heavy atom. The molecule has 4 amide bonds. The summed E-state index contributed by atoms with van der Waals surface area (Å²) in [7, 11) is 0. The van der Waals surface area contributed by atoms with Crippen LogP contribution in [0.1, 0.15) is 89.5 Å². The number of nitrogens with zero attached hydrogens (tertiary/aromatic N) is 8. The van der Waals surface area contributed by atoms with E-state index in [0.717, 1.165) is 170 Å². The number of carbonyl (C=O) groups is 4. The third-order valence-electron chi connectivity index (χ3n) is 23.6. The number of aromatic nitrogens is 8. The highest BCUT2D eigenvalue weighted by Gasteiger charge is 2.30. The quantitative estimate of drug-likeness (QED) is 0.0337. The Hall–Kier alpha value is -15.6. The molecule has 0 atom stereocenters. The number of aliphatic hydroxyl groups excluding tert-OH is 4. The van der Waals surface area contributed by atoms with Crippen LogP contribution in [-0.4, -0.2) is 109 Å². The van der Waals surface area contributed by atoms with Crippen molar-refractivity contribution in [3.05, 3.63) is 372 Å². The highest BCUT2D eigenvalue weighted by molar-refractivity contribution is 9.10. The molecule has 0 fully saturated rings. The van der Waals surface area contributed by atoms with Crippen LogP contribution in [0.3, 0.4) is 0 Å². The van der Waals surface area contributed by atoms with Gasteiger partial charge in [0.05, 0.1) is 97.7 Å². The monoisotopic (exact) mass is 1890 g/mol. The van der Waals surface area contributed by atoms with E-state index in [1.807, 2.05) is 109 Å². The summed E-state index contributed by atoms with van der Waals surface area (Å²) in [5, 5.41) is 98.7. The number of aromatic hydroxyl groups is 5. The van der Waals surface area contributed by atoms with Crippen LogP contribution < -0.4 is 21.3 Å². The highest BCUT2D eigenvalue weighted by Crippen LogP contribution is 2.43. The number of aliphatic hydroxyl groups is 4. The SMILES string of the molecule is O=C(Cc1ccc(Br)cc1)Nc1nc2c(nc1-c1ccc(O)cc1)-c1ccc(CO)cc1CC2.O=C(Cc1ccc(Cl)cc1)Nc1nc2c(nc1-c1ccc(O)cc1)-c1ccc(CO)cc1CC2.O=C(Cc1ccc(F)cc1)Nc1nc2c(nc1-c1ccc(O)cc1)-c1ccc(CO)cc1CC2.O=C(Cc1ccc(O)cc1)Nc1nc2c(nc1-c1ccc(O)cc1)-c1ccc(CO)cc1CC2. The summed E-state index contributed by atoms with van der Waals surface area (Å²) in [6, 6.07) is 76.9. The Bertz CT molecular complexity index is 6340. The van der Waals surface area contributed by atoms with E-state index in [0.29, 0.717) is 93.4 Å². The van der Waals surface area contributed by atoms with E-state index in [2.05, 4.69) is 37.2 Å². The fourth-order valence-corrected chi connectivity index (χ4v) is 17.1. The molecule has 20 rings (SSSR count). The van der Waals surface area contributed by atoms with Crippen LogP contribution in [0.25, 0.3) is 90.1 Å². The number of phenols is 5. The average Bonchev–Trinajstić information content (AvgIpc) is 0.774. The molecule has 4 aliphatic rings. The number of hydrogen-bond acceptors (Lipinski definition) is 21. The molecule has 0 saturated carbocycles. The van der Waals surface area contributed by atoms with Gasteiger partial charge in [-0.25, -0.2) is 44.3 Å². The first-order valence-corrected chi connectivity index (χ1v) is 45.1. The summed E-state index contributed by atoms with van der Waals surface area (Å²) in [5.74, 6) is 0.914. The molecule has 4 aromatic heterocycles. The molecule has 0 spiro atoms. The summed E-state index contributed by atoms with van der Waals surface area (Å²) in [6.45, 7) is -0.0583. The zero-order valence-corrected chi connectivity index (χ0v) is 75.4. The first kappa shape index (κ1) is 92.2. The molecule has 4 heterocycles. The summed E-state index contributed by atoms with van der Waals surface area (Å²) in [6.07, 6.45) is 6.37. The normalized spacial score (nSPS) is 12.1. The van der Waals surface area contributed by atoms with Gasteiger partial charge in [0.15, 0.2) is 23.3 Å². The molecule has 25 nitrogen and oxygen atoms in total. The van der Waals surface area contributed by atoms with E-state index >= 15 is 0 Å². The number of halogens is 3. The number of hydrogen-bond donors (Lipinski definition) is 13. The van der Waals surface area contributed by atoms with Gasteiger partial charge in [-0.15, -0.1) is 0 Å². The molecule has 28 heteroatoms. The van der Waals surface area contributed by atoms with Gasteiger partial charge < -0.3 is 67.2 Å². The molecule has 136 heavy (non-hydrogen) atoms. The van der Waals surface area contributed by atoms with Gasteiger partial charge in [-0.05, 0) is 264 Å². The van der Waals surface area contributed by atoms with Crippen LogP contribution in [0.5, 0.6) is 28.7 Å². The van der Waals surface area contributed by atoms with Crippen LogP contribution in [0.15, 0.2) is 271 Å². The second-order valence-electron chi connectivity index (χ2n) is 33.1. The van der Waals surface area contributed by atoms with Crippen LogP contribution in [-0.2, 0) is 123 Å². The predicted octanol–water partition coefficient (Wildman–Crippen LogP) is 18.4. The lowest BCUT2D eigenvalue weighted by atomic mass is 9.90. The number of aryl methyl sites for hydroxylation is 8. The number of anilines is 4. The number of nitrogens with one attached hydrogen (secondary N) is 4. The van der Waals surface area contributed by atoms with E-state index in [-0.39, 0.29) is 110 Å². The molecule has 16 aromatic rings. The van der Waals surface area contributed by atoms with Gasteiger partial charge in [-0.1, -0.05) is 149 Å². The van der Waals surface area contributed by atoms with Gasteiger partial charge in [0.1, 0.15) is 57.3 Å². The second-order valence-corrected chi connectivity index (χ2v) is 34.4. The first-order chi connectivity index (χ1) is 66.0. The van der Waals surface area contributed by atoms with Crippen molar-refractivity contribution in [1.82, 2.24) is 39.9 Å². The molecule has 0 bridgehead atoms. The summed E-state index contributed by atoms with van der Waals surface area (Å²) in [5.41, 5.74) is 26.2. The van der Waals surface area contributed by atoms with Crippen molar-refractivity contribution in [2.24, 2.45) is 0 Å². The maximum absolute atomic E-state index is 13.2. The average molecular weight is 1900 g/mol. The van der Waals surface area contributed by atoms with Gasteiger partial charge >= 0.3 is 0 Å². The van der Waals surface area contributed by atoms with Gasteiger partial charge in [0.2, 0.25) is 23.6 Å². The number of amides is 4. The molecular weight excluding hydrogens is 1810 g/mol. The van der Waals surface area contributed by atoms with Gasteiger partial charge in [0, 0.05) is 54.0 Å². The van der Waals surface area contributed by atoms with Gasteiger partial charge in [-0.3, -0.25) is 19.2 Å². The van der Waals surface area contributed by atoms with E-state index in [4.69, 9.17) is 51.5 Å². The van der Waals surface area contributed by atoms with Crippen molar-refractivity contribution in [1.29, 1.82) is 0 Å². The van der Waals surface area contributed by atoms with Gasteiger partial charge in [0.25, 0.3) is 0 Å². The maximum atomic E-state index is 13.2. The van der Waals surface area contributed by atoms with Crippen LogP contribution in [0.4, 0.5) is 27.7 Å². The zero-order chi connectivity index (χ0) is 94.6. The largest absolute Gasteiger partial charge is 0.508 e. The minimum Gasteiger partial charge on any atom is -0.508 e. The lowest BCUT2D eigenvalue weighted by molar-refractivity contribution is -0.116. The van der Waals surface area contributed by atoms with E-state index in [1.165, 1.54) is 12.1 Å². The van der Waals surface area contributed by atoms with Crippen LogP contribution in [0.2, 0.25) is 5.02 Å². The smallest absolute Gasteiger partial charge is 0.230 e. The Kier molecular flexibility index (Phi) is 28.3. The van der Waals surface area contributed by atoms with Crippen molar-refractivity contribution < 1.29 is 69.5 Å². The molecule has 13 N–H and O–H groups in total. The Balaban J connectivity index is 0.000000126. The highest BCUT2D eigenvalue weighted by atomic mass is 79.9. The number of benzene rings is 12.